The van der Waals surface area contributed by atoms with Crippen LogP contribution in [0, 0.1) is 0 Å². The smallest absolute Gasteiger partial charge is 0.416 e. The fourth-order valence-electron chi connectivity index (χ4n) is 10.3. The quantitative estimate of drug-likeness (QED) is 0.0927. The lowest BCUT2D eigenvalue weighted by Crippen LogP contribution is -2.35. The van der Waals surface area contributed by atoms with E-state index < -0.39 is 22.8 Å². The maximum absolute atomic E-state index is 14.7. The average molecular weight is 832 g/mol. The third-order valence-corrected chi connectivity index (χ3v) is 13.1. The fraction of sp³-hybridized carbons (Fsp3) is 0.434. The maximum atomic E-state index is 14.7. The van der Waals surface area contributed by atoms with Crippen molar-refractivity contribution in [1.29, 1.82) is 0 Å². The Morgan fingerprint density at radius 3 is 1.87 bits per heavy atom. The molecule has 0 N–H and O–H groups in total. The summed E-state index contributed by atoms with van der Waals surface area (Å²) in [5, 5.41) is 1.76. The van der Waals surface area contributed by atoms with Crippen molar-refractivity contribution < 1.29 is 32.1 Å². The second-order valence-electron chi connectivity index (χ2n) is 17.0. The van der Waals surface area contributed by atoms with Gasteiger partial charge in [-0.1, -0.05) is 89.8 Å². The highest BCUT2D eigenvalue weighted by molar-refractivity contribution is 6.13. The lowest BCUT2D eigenvalue weighted by atomic mass is 9.69. The van der Waals surface area contributed by atoms with Crippen LogP contribution >= 0.6 is 0 Å². The first-order valence-electron chi connectivity index (χ1n) is 22.7. The first-order chi connectivity index (χ1) is 29.6. The molecule has 0 radical (unpaired) electrons. The molecular formula is C53H60F3NO4. The molecule has 8 heteroatoms. The number of halogens is 3. The normalized spacial score (nSPS) is 16.2. The van der Waals surface area contributed by atoms with Crippen molar-refractivity contribution in [2.75, 3.05) is 38.3 Å². The van der Waals surface area contributed by atoms with Crippen molar-refractivity contribution in [2.45, 2.75) is 116 Å². The zero-order valence-electron chi connectivity index (χ0n) is 36.5. The summed E-state index contributed by atoms with van der Waals surface area (Å²) in [6.45, 7) is 11.7. The number of alkyl halides is 3. The molecule has 0 bridgehead atoms. The van der Waals surface area contributed by atoms with E-state index in [9.17, 15) is 13.2 Å². The van der Waals surface area contributed by atoms with Gasteiger partial charge in [0.25, 0.3) is 0 Å². The van der Waals surface area contributed by atoms with E-state index in [1.165, 1.54) is 18.6 Å². The van der Waals surface area contributed by atoms with Crippen molar-refractivity contribution in [3.63, 3.8) is 0 Å². The Labute approximate surface area is 359 Å². The number of ether oxygens (including phenoxy) is 4. The Kier molecular flexibility index (Phi) is 12.4. The monoisotopic (exact) mass is 831 g/mol. The SMILES string of the molecule is CCCCOc1ccc(C2(c3ccc(OCCCC)cc3)C=Cc3c4c(c5c(OC)c(N6CCCCC6)ccc5c3O2)-c2ccc(C(F)(F)F)cc2C4(CCC)CCC)cc1. The van der Waals surface area contributed by atoms with Crippen LogP contribution < -0.4 is 23.8 Å². The average Bonchev–Trinajstić information content (AvgIpc) is 3.55. The van der Waals surface area contributed by atoms with Gasteiger partial charge in [0.15, 0.2) is 11.4 Å². The van der Waals surface area contributed by atoms with Crippen molar-refractivity contribution in [3.8, 4) is 34.1 Å². The molecule has 3 aliphatic rings. The van der Waals surface area contributed by atoms with Gasteiger partial charge in [-0.25, -0.2) is 0 Å². The minimum Gasteiger partial charge on any atom is -0.494 e. The van der Waals surface area contributed by atoms with Gasteiger partial charge in [-0.05, 0) is 122 Å². The molecule has 61 heavy (non-hydrogen) atoms. The highest BCUT2D eigenvalue weighted by Crippen LogP contribution is 2.63. The lowest BCUT2D eigenvalue weighted by molar-refractivity contribution is -0.137. The van der Waals surface area contributed by atoms with Gasteiger partial charge in [0, 0.05) is 46.0 Å². The molecule has 5 aromatic rings. The zero-order chi connectivity index (χ0) is 42.8. The molecule has 0 atom stereocenters. The van der Waals surface area contributed by atoms with E-state index in [1.807, 2.05) is 24.3 Å². The van der Waals surface area contributed by atoms with Gasteiger partial charge in [0.1, 0.15) is 17.2 Å². The third kappa shape index (κ3) is 7.63. The Balaban J connectivity index is 1.42. The van der Waals surface area contributed by atoms with Crippen molar-refractivity contribution in [3.05, 3.63) is 118 Å². The second-order valence-corrected chi connectivity index (χ2v) is 17.0. The third-order valence-electron chi connectivity index (χ3n) is 13.1. The molecule has 322 valence electrons. The van der Waals surface area contributed by atoms with E-state index in [2.05, 4.69) is 81.1 Å². The maximum Gasteiger partial charge on any atom is 0.416 e. The Morgan fingerprint density at radius 2 is 1.33 bits per heavy atom. The zero-order valence-corrected chi connectivity index (χ0v) is 36.5. The van der Waals surface area contributed by atoms with Crippen LogP contribution in [-0.4, -0.2) is 33.4 Å². The van der Waals surface area contributed by atoms with E-state index in [1.54, 1.807) is 13.2 Å². The van der Waals surface area contributed by atoms with Gasteiger partial charge in [-0.2, -0.15) is 13.2 Å². The summed E-state index contributed by atoms with van der Waals surface area (Å²) in [6, 6.07) is 25.1. The molecule has 1 fully saturated rings. The van der Waals surface area contributed by atoms with Crippen molar-refractivity contribution in [2.24, 2.45) is 0 Å². The molecule has 5 nitrogen and oxygen atoms in total. The summed E-state index contributed by atoms with van der Waals surface area (Å²) in [5.41, 5.74) is 4.96. The van der Waals surface area contributed by atoms with Crippen LogP contribution in [0.1, 0.15) is 132 Å². The van der Waals surface area contributed by atoms with E-state index in [-0.39, 0.29) is 0 Å². The number of unbranched alkanes of at least 4 members (excludes halogenated alkanes) is 2. The Hall–Kier alpha value is -5.11. The van der Waals surface area contributed by atoms with Crippen LogP contribution in [0.4, 0.5) is 18.9 Å². The number of anilines is 1. The number of methoxy groups -OCH3 is 1. The molecule has 8 rings (SSSR count). The largest absolute Gasteiger partial charge is 0.494 e. The molecule has 0 spiro atoms. The van der Waals surface area contributed by atoms with Gasteiger partial charge >= 0.3 is 6.18 Å². The summed E-state index contributed by atoms with van der Waals surface area (Å²) in [7, 11) is 1.72. The van der Waals surface area contributed by atoms with Crippen LogP contribution in [0.5, 0.6) is 23.0 Å². The number of rotatable bonds is 16. The highest BCUT2D eigenvalue weighted by Gasteiger charge is 2.49. The van der Waals surface area contributed by atoms with Crippen LogP contribution in [0.25, 0.3) is 28.0 Å². The molecule has 2 aliphatic heterocycles. The lowest BCUT2D eigenvalue weighted by Gasteiger charge is -2.40. The number of nitrogens with zero attached hydrogens (tertiary/aromatic N) is 1. The van der Waals surface area contributed by atoms with Gasteiger partial charge < -0.3 is 23.8 Å². The van der Waals surface area contributed by atoms with E-state index in [0.29, 0.717) is 31.8 Å². The number of benzene rings is 5. The van der Waals surface area contributed by atoms with Crippen LogP contribution in [-0.2, 0) is 17.2 Å². The van der Waals surface area contributed by atoms with E-state index in [4.69, 9.17) is 18.9 Å². The minimum absolute atomic E-state index is 0.621. The van der Waals surface area contributed by atoms with Crippen molar-refractivity contribution in [1.82, 2.24) is 0 Å². The number of hydrogen-bond acceptors (Lipinski definition) is 5. The van der Waals surface area contributed by atoms with Crippen molar-refractivity contribution >= 4 is 22.5 Å². The predicted molar refractivity (Wildman–Crippen MR) is 242 cm³/mol. The van der Waals surface area contributed by atoms with E-state index in [0.717, 1.165) is 137 Å². The number of piperidine rings is 1. The predicted octanol–water partition coefficient (Wildman–Crippen LogP) is 14.4. The molecule has 0 amide bonds. The van der Waals surface area contributed by atoms with E-state index >= 15 is 0 Å². The molecule has 1 aliphatic carbocycles. The molecule has 0 unspecified atom stereocenters. The Bertz CT molecular complexity index is 2300. The first-order valence-corrected chi connectivity index (χ1v) is 22.7. The standard InChI is InChI=1S/C53H60F3NO4/c1-6-10-33-59-39-20-15-36(16-21-39)52(37-17-22-40(23-18-37)60-34-11-7-2)30-27-43-48-46(41-24-19-38(53(54,55)56)35-44(41)51(48,28-8-3)29-9-4)47-42(49(43)61-52)25-26-45(50(47)58-5)57-31-13-12-14-32-57/h15-27,30,35H,6-14,28-29,31-34H2,1-5H3. The van der Waals surface area contributed by atoms with Crippen LogP contribution in [0.2, 0.25) is 0 Å². The number of fused-ring (bicyclic) bond motifs is 8. The summed E-state index contributed by atoms with van der Waals surface area (Å²) >= 11 is 0. The van der Waals surface area contributed by atoms with Gasteiger partial charge in [0.2, 0.25) is 0 Å². The topological polar surface area (TPSA) is 40.2 Å². The second kappa shape index (κ2) is 17.7. The first kappa shape index (κ1) is 42.6. The summed E-state index contributed by atoms with van der Waals surface area (Å²) in [6.07, 6.45) is 10.2. The molecule has 0 saturated carbocycles. The summed E-state index contributed by atoms with van der Waals surface area (Å²) in [5.74, 6) is 3.03. The molecule has 1 saturated heterocycles. The molecule has 2 heterocycles. The van der Waals surface area contributed by atoms with Gasteiger partial charge in [0.05, 0.1) is 31.6 Å². The highest BCUT2D eigenvalue weighted by atomic mass is 19.4. The van der Waals surface area contributed by atoms with Gasteiger partial charge in [-0.15, -0.1) is 0 Å². The number of hydrogen-bond donors (Lipinski definition) is 0. The molecule has 5 aromatic carbocycles. The molecule has 0 aromatic heterocycles. The fourth-order valence-corrected chi connectivity index (χ4v) is 10.3. The summed E-state index contributed by atoms with van der Waals surface area (Å²) < 4.78 is 70.4. The molecular weight excluding hydrogens is 772 g/mol. The van der Waals surface area contributed by atoms with Gasteiger partial charge in [-0.3, -0.25) is 0 Å². The Morgan fingerprint density at radius 1 is 0.721 bits per heavy atom. The van der Waals surface area contributed by atoms with Crippen LogP contribution in [0.3, 0.4) is 0 Å². The minimum atomic E-state index is -4.48. The summed E-state index contributed by atoms with van der Waals surface area (Å²) in [4.78, 5) is 2.40. The van der Waals surface area contributed by atoms with Crippen LogP contribution in [0.15, 0.2) is 84.9 Å².